The normalized spacial score (nSPS) is 24.1. The van der Waals surface area contributed by atoms with Crippen LogP contribution in [0.3, 0.4) is 0 Å². The summed E-state index contributed by atoms with van der Waals surface area (Å²) >= 11 is 3.50. The van der Waals surface area contributed by atoms with Crippen LogP contribution < -0.4 is 0 Å². The Balaban J connectivity index is 2.25. The van der Waals surface area contributed by atoms with Gasteiger partial charge in [0.2, 0.25) is 0 Å². The standard InChI is InChI=1S/C15H20BrNO/c1-10-6-7-13(14(16)9-10)15(18)17-8-4-5-11(2)12(17)3/h6-7,9,11-12H,4-5,8H2,1-3H3. The molecule has 0 radical (unpaired) electrons. The lowest BCUT2D eigenvalue weighted by Gasteiger charge is -2.38. The van der Waals surface area contributed by atoms with Crippen LogP contribution in [-0.4, -0.2) is 23.4 Å². The van der Waals surface area contributed by atoms with E-state index in [1.165, 1.54) is 12.0 Å². The Morgan fingerprint density at radius 3 is 2.78 bits per heavy atom. The van der Waals surface area contributed by atoms with Gasteiger partial charge in [0.1, 0.15) is 0 Å². The molecule has 98 valence electrons. The van der Waals surface area contributed by atoms with Crippen LogP contribution in [0.1, 0.15) is 42.6 Å². The number of amides is 1. The van der Waals surface area contributed by atoms with Crippen molar-refractivity contribution in [1.82, 2.24) is 4.90 Å². The van der Waals surface area contributed by atoms with E-state index in [0.29, 0.717) is 12.0 Å². The summed E-state index contributed by atoms with van der Waals surface area (Å²) in [7, 11) is 0. The van der Waals surface area contributed by atoms with Crippen molar-refractivity contribution in [2.24, 2.45) is 5.92 Å². The van der Waals surface area contributed by atoms with E-state index in [2.05, 4.69) is 29.8 Å². The Morgan fingerprint density at radius 1 is 1.39 bits per heavy atom. The molecule has 0 aromatic heterocycles. The van der Waals surface area contributed by atoms with Crippen molar-refractivity contribution in [3.63, 3.8) is 0 Å². The molecule has 2 atom stereocenters. The minimum absolute atomic E-state index is 0.154. The Bertz CT molecular complexity index is 458. The van der Waals surface area contributed by atoms with Crippen molar-refractivity contribution in [3.8, 4) is 0 Å². The van der Waals surface area contributed by atoms with Gasteiger partial charge in [-0.3, -0.25) is 4.79 Å². The molecule has 0 N–H and O–H groups in total. The Labute approximate surface area is 117 Å². The lowest BCUT2D eigenvalue weighted by atomic mass is 9.91. The molecule has 2 unspecified atom stereocenters. The average molecular weight is 310 g/mol. The van der Waals surface area contributed by atoms with E-state index >= 15 is 0 Å². The van der Waals surface area contributed by atoms with E-state index in [1.54, 1.807) is 0 Å². The number of halogens is 1. The van der Waals surface area contributed by atoms with Gasteiger partial charge in [-0.15, -0.1) is 0 Å². The highest BCUT2D eigenvalue weighted by molar-refractivity contribution is 9.10. The second kappa shape index (κ2) is 5.43. The fourth-order valence-electron chi connectivity index (χ4n) is 2.57. The van der Waals surface area contributed by atoms with E-state index in [-0.39, 0.29) is 5.91 Å². The van der Waals surface area contributed by atoms with Crippen LogP contribution in [0.15, 0.2) is 22.7 Å². The third-order valence-corrected chi connectivity index (χ3v) is 4.65. The van der Waals surface area contributed by atoms with E-state index < -0.39 is 0 Å². The zero-order valence-electron chi connectivity index (χ0n) is 11.2. The van der Waals surface area contributed by atoms with Gasteiger partial charge in [-0.1, -0.05) is 13.0 Å². The molecular formula is C15H20BrNO. The highest BCUT2D eigenvalue weighted by Gasteiger charge is 2.29. The number of carbonyl (C=O) groups is 1. The maximum absolute atomic E-state index is 12.6. The monoisotopic (exact) mass is 309 g/mol. The zero-order chi connectivity index (χ0) is 13.3. The molecule has 1 aromatic carbocycles. The molecule has 0 aliphatic carbocycles. The topological polar surface area (TPSA) is 20.3 Å². The summed E-state index contributed by atoms with van der Waals surface area (Å²) in [5.74, 6) is 0.743. The molecular weight excluding hydrogens is 290 g/mol. The van der Waals surface area contributed by atoms with Crippen LogP contribution in [0.2, 0.25) is 0 Å². The third-order valence-electron chi connectivity index (χ3n) is 3.99. The first-order valence-electron chi connectivity index (χ1n) is 6.58. The molecule has 1 aromatic rings. The van der Waals surface area contributed by atoms with Crippen LogP contribution in [0.25, 0.3) is 0 Å². The zero-order valence-corrected chi connectivity index (χ0v) is 12.8. The van der Waals surface area contributed by atoms with E-state index in [1.807, 2.05) is 30.0 Å². The predicted molar refractivity (Wildman–Crippen MR) is 77.8 cm³/mol. The number of benzene rings is 1. The van der Waals surface area contributed by atoms with E-state index in [9.17, 15) is 4.79 Å². The molecule has 1 amide bonds. The summed E-state index contributed by atoms with van der Waals surface area (Å²) in [6, 6.07) is 6.26. The molecule has 2 nitrogen and oxygen atoms in total. The number of hydrogen-bond acceptors (Lipinski definition) is 1. The van der Waals surface area contributed by atoms with Crippen LogP contribution in [-0.2, 0) is 0 Å². The highest BCUT2D eigenvalue weighted by Crippen LogP contribution is 2.27. The summed E-state index contributed by atoms with van der Waals surface area (Å²) in [4.78, 5) is 14.6. The van der Waals surface area contributed by atoms with Gasteiger partial charge < -0.3 is 4.90 Å². The first-order valence-corrected chi connectivity index (χ1v) is 7.37. The average Bonchev–Trinajstić information content (AvgIpc) is 2.32. The molecule has 3 heteroatoms. The number of aryl methyl sites for hydroxylation is 1. The Kier molecular flexibility index (Phi) is 4.10. The fraction of sp³-hybridized carbons (Fsp3) is 0.533. The summed E-state index contributed by atoms with van der Waals surface area (Å²) in [6.07, 6.45) is 2.33. The van der Waals surface area contributed by atoms with Gasteiger partial charge in [0.15, 0.2) is 0 Å². The van der Waals surface area contributed by atoms with Crippen molar-refractivity contribution in [1.29, 1.82) is 0 Å². The van der Waals surface area contributed by atoms with Crippen molar-refractivity contribution in [2.75, 3.05) is 6.54 Å². The second-order valence-electron chi connectivity index (χ2n) is 5.34. The number of piperidine rings is 1. The van der Waals surface area contributed by atoms with Crippen LogP contribution >= 0.6 is 15.9 Å². The number of carbonyl (C=O) groups excluding carboxylic acids is 1. The fourth-order valence-corrected chi connectivity index (χ4v) is 3.23. The van der Waals surface area contributed by atoms with Crippen LogP contribution in [0.5, 0.6) is 0 Å². The molecule has 1 heterocycles. The first-order chi connectivity index (χ1) is 8.50. The van der Waals surface area contributed by atoms with Gasteiger partial charge in [0.25, 0.3) is 5.91 Å². The third kappa shape index (κ3) is 2.61. The molecule has 1 aliphatic heterocycles. The van der Waals surface area contributed by atoms with Crippen molar-refractivity contribution < 1.29 is 4.79 Å². The summed E-state index contributed by atoms with van der Waals surface area (Å²) in [6.45, 7) is 7.30. The summed E-state index contributed by atoms with van der Waals surface area (Å²) in [5, 5.41) is 0. The van der Waals surface area contributed by atoms with Crippen LogP contribution in [0, 0.1) is 12.8 Å². The van der Waals surface area contributed by atoms with Gasteiger partial charge >= 0.3 is 0 Å². The smallest absolute Gasteiger partial charge is 0.255 e. The summed E-state index contributed by atoms with van der Waals surface area (Å²) < 4.78 is 0.901. The van der Waals surface area contributed by atoms with Gasteiger partial charge in [-0.2, -0.15) is 0 Å². The number of rotatable bonds is 1. The van der Waals surface area contributed by atoms with Gasteiger partial charge in [0.05, 0.1) is 5.56 Å². The molecule has 0 spiro atoms. The second-order valence-corrected chi connectivity index (χ2v) is 6.20. The summed E-state index contributed by atoms with van der Waals surface area (Å²) in [5.41, 5.74) is 1.94. The van der Waals surface area contributed by atoms with Gasteiger partial charge in [-0.05, 0) is 66.2 Å². The number of nitrogens with zero attached hydrogens (tertiary/aromatic N) is 1. The highest BCUT2D eigenvalue weighted by atomic mass is 79.9. The van der Waals surface area contributed by atoms with Crippen molar-refractivity contribution in [2.45, 2.75) is 39.7 Å². The van der Waals surface area contributed by atoms with E-state index in [0.717, 1.165) is 23.0 Å². The number of hydrogen-bond donors (Lipinski definition) is 0. The molecule has 18 heavy (non-hydrogen) atoms. The SMILES string of the molecule is Cc1ccc(C(=O)N2CCCC(C)C2C)c(Br)c1. The lowest BCUT2D eigenvalue weighted by molar-refractivity contribution is 0.0550. The molecule has 0 bridgehead atoms. The lowest BCUT2D eigenvalue weighted by Crippen LogP contribution is -2.46. The van der Waals surface area contributed by atoms with Gasteiger partial charge in [-0.25, -0.2) is 0 Å². The number of likely N-dealkylation sites (tertiary alicyclic amines) is 1. The minimum Gasteiger partial charge on any atom is -0.336 e. The largest absolute Gasteiger partial charge is 0.336 e. The maximum atomic E-state index is 12.6. The van der Waals surface area contributed by atoms with Crippen molar-refractivity contribution in [3.05, 3.63) is 33.8 Å². The quantitative estimate of drug-likeness (QED) is 0.767. The van der Waals surface area contributed by atoms with Crippen molar-refractivity contribution >= 4 is 21.8 Å². The molecule has 2 rings (SSSR count). The molecule has 1 saturated heterocycles. The molecule has 0 saturated carbocycles. The predicted octanol–water partition coefficient (Wildman–Crippen LogP) is 4.02. The molecule has 1 fully saturated rings. The van der Waals surface area contributed by atoms with Crippen LogP contribution in [0.4, 0.5) is 0 Å². The maximum Gasteiger partial charge on any atom is 0.255 e. The van der Waals surface area contributed by atoms with E-state index in [4.69, 9.17) is 0 Å². The Morgan fingerprint density at radius 2 is 2.11 bits per heavy atom. The first kappa shape index (κ1) is 13.6. The molecule has 1 aliphatic rings. The Hall–Kier alpha value is -0.830. The van der Waals surface area contributed by atoms with Gasteiger partial charge in [0, 0.05) is 17.1 Å². The minimum atomic E-state index is 0.154.